The Balaban J connectivity index is 2.30. The zero-order valence-electron chi connectivity index (χ0n) is 10.0. The molecule has 0 bridgehead atoms. The van der Waals surface area contributed by atoms with Crippen LogP contribution in [0.4, 0.5) is 0 Å². The van der Waals surface area contributed by atoms with E-state index in [4.69, 9.17) is 0 Å². The van der Waals surface area contributed by atoms with Crippen LogP contribution >= 0.6 is 11.3 Å². The molecule has 0 amide bonds. The van der Waals surface area contributed by atoms with Crippen molar-refractivity contribution in [2.24, 2.45) is 0 Å². The largest absolute Gasteiger partial charge is 0.386 e. The Bertz CT molecular complexity index is 984. The molecule has 2 aromatic carbocycles. The minimum atomic E-state index is -0.741. The van der Waals surface area contributed by atoms with Crippen molar-refractivity contribution in [1.29, 1.82) is 0 Å². The van der Waals surface area contributed by atoms with Gasteiger partial charge in [-0.2, -0.15) is 0 Å². The normalized spacial score (nSPS) is 13.8. The van der Waals surface area contributed by atoms with Gasteiger partial charge in [-0.3, -0.25) is 4.79 Å². The van der Waals surface area contributed by atoms with E-state index >= 15 is 0 Å². The maximum absolute atomic E-state index is 12.6. The van der Waals surface area contributed by atoms with E-state index in [-0.39, 0.29) is 21.9 Å². The van der Waals surface area contributed by atoms with Gasteiger partial charge < -0.3 is 4.74 Å². The summed E-state index contributed by atoms with van der Waals surface area (Å²) in [5.41, 5.74) is 0.0273. The van der Waals surface area contributed by atoms with E-state index in [9.17, 15) is 14.4 Å². The lowest BCUT2D eigenvalue weighted by atomic mass is 10.0. The van der Waals surface area contributed by atoms with Gasteiger partial charge in [0.15, 0.2) is 5.43 Å². The smallest absolute Gasteiger partial charge is 0.347 e. The summed E-state index contributed by atoms with van der Waals surface area (Å²) in [6.45, 7) is 0. The van der Waals surface area contributed by atoms with Crippen LogP contribution in [0.1, 0.15) is 20.7 Å². The summed E-state index contributed by atoms with van der Waals surface area (Å²) in [6, 6.07) is 10.4. The first-order valence-electron chi connectivity index (χ1n) is 5.92. The summed E-state index contributed by atoms with van der Waals surface area (Å²) < 4.78 is 6.12. The first-order chi connectivity index (χ1) is 9.66. The third kappa shape index (κ3) is 1.32. The number of esters is 2. The fraction of sp³-hybridized carbons (Fsp3) is 0. The van der Waals surface area contributed by atoms with E-state index in [1.807, 2.05) is 12.1 Å². The van der Waals surface area contributed by atoms with Gasteiger partial charge in [0.25, 0.3) is 0 Å². The first-order valence-corrected chi connectivity index (χ1v) is 6.73. The zero-order chi connectivity index (χ0) is 13.9. The van der Waals surface area contributed by atoms with Crippen molar-refractivity contribution in [2.45, 2.75) is 0 Å². The second-order valence-corrected chi connectivity index (χ2v) is 5.55. The first kappa shape index (κ1) is 11.3. The van der Waals surface area contributed by atoms with Gasteiger partial charge in [-0.15, -0.1) is 11.3 Å². The molecule has 4 nitrogen and oxygen atoms in total. The van der Waals surface area contributed by atoms with Crippen molar-refractivity contribution in [3.63, 3.8) is 0 Å². The molecular weight excluding hydrogens is 276 g/mol. The van der Waals surface area contributed by atoms with Crippen LogP contribution in [0.25, 0.3) is 20.2 Å². The molecule has 3 aromatic rings. The van der Waals surface area contributed by atoms with Crippen molar-refractivity contribution in [2.75, 3.05) is 0 Å². The summed E-state index contributed by atoms with van der Waals surface area (Å²) in [4.78, 5) is 35.9. The zero-order valence-corrected chi connectivity index (χ0v) is 10.8. The lowest BCUT2D eigenvalue weighted by Gasteiger charge is -2.02. The molecular formula is C15H6O4S. The van der Waals surface area contributed by atoms with Gasteiger partial charge >= 0.3 is 11.9 Å². The van der Waals surface area contributed by atoms with Crippen LogP contribution in [-0.2, 0) is 4.74 Å². The molecule has 0 atom stereocenters. The molecule has 0 unspecified atom stereocenters. The summed E-state index contributed by atoms with van der Waals surface area (Å²) in [5.74, 6) is -1.43. The van der Waals surface area contributed by atoms with Crippen molar-refractivity contribution >= 4 is 43.4 Å². The standard InChI is InChI=1S/C15H6O4S/c16-13-7-3-1-2-4-9(7)20-10-6-5-8-11(12(10)13)15(18)19-14(8)17/h1-6H. The van der Waals surface area contributed by atoms with E-state index < -0.39 is 11.9 Å². The molecule has 4 rings (SSSR count). The number of benzene rings is 2. The molecule has 0 N–H and O–H groups in total. The fourth-order valence-electron chi connectivity index (χ4n) is 2.46. The summed E-state index contributed by atoms with van der Waals surface area (Å²) in [5, 5.41) is 0.826. The number of carbonyl (C=O) groups is 2. The maximum Gasteiger partial charge on any atom is 0.347 e. The highest BCUT2D eigenvalue weighted by Crippen LogP contribution is 2.31. The second kappa shape index (κ2) is 3.74. The van der Waals surface area contributed by atoms with Gasteiger partial charge in [0.2, 0.25) is 0 Å². The Labute approximate surface area is 116 Å². The fourth-order valence-corrected chi connectivity index (χ4v) is 3.55. The molecule has 2 heterocycles. The number of hydrogen-bond acceptors (Lipinski definition) is 5. The summed E-state index contributed by atoms with van der Waals surface area (Å²) in [7, 11) is 0. The van der Waals surface area contributed by atoms with E-state index in [2.05, 4.69) is 4.74 Å². The number of ether oxygens (including phenoxy) is 1. The average Bonchev–Trinajstić information content (AvgIpc) is 2.74. The van der Waals surface area contributed by atoms with Crippen molar-refractivity contribution in [3.8, 4) is 0 Å². The molecule has 96 valence electrons. The third-order valence-corrected chi connectivity index (χ3v) is 4.49. The molecule has 1 aromatic heterocycles. The lowest BCUT2D eigenvalue weighted by Crippen LogP contribution is -2.07. The molecule has 20 heavy (non-hydrogen) atoms. The Morgan fingerprint density at radius 3 is 2.50 bits per heavy atom. The van der Waals surface area contributed by atoms with Gasteiger partial charge in [0.05, 0.1) is 16.5 Å². The van der Waals surface area contributed by atoms with E-state index in [0.717, 1.165) is 4.70 Å². The minimum Gasteiger partial charge on any atom is -0.386 e. The SMILES string of the molecule is O=C1OC(=O)c2c1ccc1sc3ccccc3c(=O)c21. The van der Waals surface area contributed by atoms with E-state index in [1.165, 1.54) is 17.4 Å². The predicted octanol–water partition coefficient (Wildman–Crippen LogP) is 2.73. The molecule has 1 aliphatic rings. The average molecular weight is 282 g/mol. The van der Waals surface area contributed by atoms with Gasteiger partial charge in [-0.1, -0.05) is 12.1 Å². The topological polar surface area (TPSA) is 60.4 Å². The molecule has 0 aliphatic carbocycles. The molecule has 5 heteroatoms. The minimum absolute atomic E-state index is 0.0968. The number of carbonyl (C=O) groups excluding carboxylic acids is 2. The number of rotatable bonds is 0. The molecule has 0 saturated carbocycles. The quantitative estimate of drug-likeness (QED) is 0.361. The van der Waals surface area contributed by atoms with Crippen molar-refractivity contribution in [3.05, 3.63) is 57.7 Å². The van der Waals surface area contributed by atoms with Crippen molar-refractivity contribution < 1.29 is 14.3 Å². The lowest BCUT2D eigenvalue weighted by molar-refractivity contribution is 0.0444. The number of cyclic esters (lactones) is 2. The van der Waals surface area contributed by atoms with Gasteiger partial charge in [-0.25, -0.2) is 9.59 Å². The van der Waals surface area contributed by atoms with Gasteiger partial charge in [0.1, 0.15) is 0 Å². The molecule has 0 spiro atoms. The van der Waals surface area contributed by atoms with Crippen LogP contribution in [-0.4, -0.2) is 11.9 Å². The van der Waals surface area contributed by atoms with Crippen LogP contribution in [0.2, 0.25) is 0 Å². The maximum atomic E-state index is 12.6. The van der Waals surface area contributed by atoms with E-state index in [0.29, 0.717) is 10.1 Å². The highest BCUT2D eigenvalue weighted by atomic mass is 32.1. The third-order valence-electron chi connectivity index (χ3n) is 3.36. The van der Waals surface area contributed by atoms with Crippen LogP contribution in [0.15, 0.2) is 41.2 Å². The Hall–Kier alpha value is -2.53. The van der Waals surface area contributed by atoms with Crippen LogP contribution in [0.3, 0.4) is 0 Å². The van der Waals surface area contributed by atoms with Crippen molar-refractivity contribution in [1.82, 2.24) is 0 Å². The predicted molar refractivity (Wildman–Crippen MR) is 75.3 cm³/mol. The van der Waals surface area contributed by atoms with Crippen LogP contribution in [0.5, 0.6) is 0 Å². The summed E-state index contributed by atoms with van der Waals surface area (Å²) in [6.07, 6.45) is 0. The molecule has 0 saturated heterocycles. The Kier molecular flexibility index (Phi) is 2.11. The van der Waals surface area contributed by atoms with Crippen LogP contribution < -0.4 is 5.43 Å². The molecule has 1 aliphatic heterocycles. The summed E-state index contributed by atoms with van der Waals surface area (Å²) >= 11 is 1.42. The number of hydrogen-bond donors (Lipinski definition) is 0. The molecule has 0 radical (unpaired) electrons. The van der Waals surface area contributed by atoms with E-state index in [1.54, 1.807) is 18.2 Å². The van der Waals surface area contributed by atoms with Gasteiger partial charge in [-0.05, 0) is 24.3 Å². The Morgan fingerprint density at radius 2 is 1.65 bits per heavy atom. The monoisotopic (exact) mass is 282 g/mol. The Morgan fingerprint density at radius 1 is 0.850 bits per heavy atom. The highest BCUT2D eigenvalue weighted by molar-refractivity contribution is 7.24. The molecule has 0 fully saturated rings. The number of fused-ring (bicyclic) bond motifs is 4. The van der Waals surface area contributed by atoms with Gasteiger partial charge in [0, 0.05) is 14.8 Å². The second-order valence-electron chi connectivity index (χ2n) is 4.47. The highest BCUT2D eigenvalue weighted by Gasteiger charge is 2.32. The van der Waals surface area contributed by atoms with Crippen LogP contribution in [0, 0.1) is 0 Å².